The van der Waals surface area contributed by atoms with Gasteiger partial charge in [-0.1, -0.05) is 6.92 Å². The summed E-state index contributed by atoms with van der Waals surface area (Å²) in [6, 6.07) is 2.19. The van der Waals surface area contributed by atoms with E-state index in [1.807, 2.05) is 0 Å². The van der Waals surface area contributed by atoms with Crippen LogP contribution < -0.4 is 0 Å². The molecule has 1 unspecified atom stereocenters. The summed E-state index contributed by atoms with van der Waals surface area (Å²) in [5.41, 5.74) is 0. The highest BCUT2D eigenvalue weighted by molar-refractivity contribution is 7.99. The second kappa shape index (κ2) is 6.28. The second-order valence-corrected chi connectivity index (χ2v) is 5.14. The first-order valence-corrected chi connectivity index (χ1v) is 6.08. The third kappa shape index (κ3) is 4.54. The van der Waals surface area contributed by atoms with Crippen LogP contribution in [-0.4, -0.2) is 35.5 Å². The van der Waals surface area contributed by atoms with Crippen molar-refractivity contribution in [3.63, 3.8) is 0 Å². The molecule has 1 saturated heterocycles. The van der Waals surface area contributed by atoms with Gasteiger partial charge in [0.2, 0.25) is 0 Å². The Hall–Kier alpha value is -0.200. The predicted molar refractivity (Wildman–Crippen MR) is 57.8 cm³/mol. The fourth-order valence-corrected chi connectivity index (χ4v) is 2.72. The van der Waals surface area contributed by atoms with Gasteiger partial charge in [-0.25, -0.2) is 0 Å². The summed E-state index contributed by atoms with van der Waals surface area (Å²) in [6.07, 6.45) is 2.97. The van der Waals surface area contributed by atoms with Crippen molar-refractivity contribution in [3.8, 4) is 6.07 Å². The summed E-state index contributed by atoms with van der Waals surface area (Å²) in [7, 11) is 0. The maximum Gasteiger partial charge on any atom is 0.0621 e. The van der Waals surface area contributed by atoms with Crippen molar-refractivity contribution in [3.05, 3.63) is 0 Å². The topological polar surface area (TPSA) is 27.0 Å². The minimum absolute atomic E-state index is 0.720. The molecule has 0 saturated carbocycles. The molecule has 0 amide bonds. The van der Waals surface area contributed by atoms with Crippen molar-refractivity contribution >= 4 is 11.8 Å². The van der Waals surface area contributed by atoms with Gasteiger partial charge in [-0.05, 0) is 19.4 Å². The third-order valence-corrected chi connectivity index (χ3v) is 3.47. The molecule has 0 aliphatic carbocycles. The number of thioether (sulfide) groups is 1. The Morgan fingerprint density at radius 3 is 3.08 bits per heavy atom. The minimum atomic E-state index is 0.720. The van der Waals surface area contributed by atoms with E-state index >= 15 is 0 Å². The lowest BCUT2D eigenvalue weighted by Gasteiger charge is -2.30. The smallest absolute Gasteiger partial charge is 0.0621 e. The second-order valence-electron chi connectivity index (χ2n) is 3.60. The Kier molecular flexibility index (Phi) is 5.26. The summed E-state index contributed by atoms with van der Waals surface area (Å²) in [6.45, 7) is 5.96. The molecule has 1 fully saturated rings. The van der Waals surface area contributed by atoms with Crippen LogP contribution in [0.5, 0.6) is 0 Å². The summed E-state index contributed by atoms with van der Waals surface area (Å²) >= 11 is 2.07. The molecule has 74 valence electrons. The number of hydrogen-bond donors (Lipinski definition) is 0. The van der Waals surface area contributed by atoms with Crippen LogP contribution in [0.3, 0.4) is 0 Å². The van der Waals surface area contributed by atoms with Gasteiger partial charge in [-0.15, -0.1) is 0 Å². The summed E-state index contributed by atoms with van der Waals surface area (Å²) in [4.78, 5) is 2.53. The van der Waals surface area contributed by atoms with Crippen LogP contribution >= 0.6 is 11.8 Å². The number of nitrogens with zero attached hydrogens (tertiary/aromatic N) is 2. The fourth-order valence-electron chi connectivity index (χ4n) is 1.63. The van der Waals surface area contributed by atoms with Crippen LogP contribution in [-0.2, 0) is 0 Å². The first-order chi connectivity index (χ1) is 6.33. The molecule has 0 aromatic rings. The molecule has 1 heterocycles. The predicted octanol–water partition coefficient (Wildman–Crippen LogP) is 2.12. The minimum Gasteiger partial charge on any atom is -0.301 e. The maximum atomic E-state index is 8.38. The first kappa shape index (κ1) is 10.9. The van der Waals surface area contributed by atoms with Crippen molar-refractivity contribution in [2.24, 2.45) is 0 Å². The van der Waals surface area contributed by atoms with Crippen LogP contribution in [0.1, 0.15) is 26.2 Å². The third-order valence-electron chi connectivity index (χ3n) is 2.34. The normalized spacial score (nSPS) is 24.2. The lowest BCUT2D eigenvalue weighted by atomic mass is 10.2. The van der Waals surface area contributed by atoms with E-state index in [0.29, 0.717) is 0 Å². The molecular weight excluding hydrogens is 180 g/mol. The molecule has 1 aliphatic heterocycles. The zero-order valence-electron chi connectivity index (χ0n) is 8.33. The molecule has 1 atom stereocenters. The van der Waals surface area contributed by atoms with Crippen molar-refractivity contribution in [1.82, 2.24) is 4.90 Å². The van der Waals surface area contributed by atoms with Gasteiger partial charge in [0.1, 0.15) is 0 Å². The van der Waals surface area contributed by atoms with E-state index in [1.165, 1.54) is 31.8 Å². The summed E-state index contributed by atoms with van der Waals surface area (Å²) in [5.74, 6) is 1.28. The van der Waals surface area contributed by atoms with E-state index in [0.717, 1.165) is 18.1 Å². The van der Waals surface area contributed by atoms with Crippen LogP contribution in [0.4, 0.5) is 0 Å². The van der Waals surface area contributed by atoms with Crippen molar-refractivity contribution in [2.75, 3.05) is 25.4 Å². The summed E-state index contributed by atoms with van der Waals surface area (Å²) in [5, 5.41) is 9.17. The van der Waals surface area contributed by atoms with Gasteiger partial charge in [-0.3, -0.25) is 0 Å². The molecule has 13 heavy (non-hydrogen) atoms. The lowest BCUT2D eigenvalue weighted by Crippen LogP contribution is -2.37. The summed E-state index contributed by atoms with van der Waals surface area (Å²) < 4.78 is 0. The van der Waals surface area contributed by atoms with Gasteiger partial charge >= 0.3 is 0 Å². The van der Waals surface area contributed by atoms with E-state index in [4.69, 9.17) is 5.26 Å². The Bertz CT molecular complexity index is 176. The van der Waals surface area contributed by atoms with Gasteiger partial charge < -0.3 is 4.90 Å². The fraction of sp³-hybridized carbons (Fsp3) is 0.900. The molecule has 0 bridgehead atoms. The number of hydrogen-bond acceptors (Lipinski definition) is 3. The standard InChI is InChI=1S/C10H18N2S/c1-10-9-12(7-8-13-10)6-4-2-3-5-11/h10H,2-4,6-9H2,1H3. The Morgan fingerprint density at radius 1 is 1.54 bits per heavy atom. The highest BCUT2D eigenvalue weighted by Crippen LogP contribution is 2.17. The van der Waals surface area contributed by atoms with Crippen molar-refractivity contribution in [1.29, 1.82) is 5.26 Å². The van der Waals surface area contributed by atoms with Crippen LogP contribution in [0.2, 0.25) is 0 Å². The molecule has 0 spiro atoms. The van der Waals surface area contributed by atoms with E-state index in [-0.39, 0.29) is 0 Å². The quantitative estimate of drug-likeness (QED) is 0.647. The molecule has 1 rings (SSSR count). The Balaban J connectivity index is 2.04. The molecule has 0 aromatic heterocycles. The molecule has 2 nitrogen and oxygen atoms in total. The van der Waals surface area contributed by atoms with Gasteiger partial charge in [-0.2, -0.15) is 17.0 Å². The Morgan fingerprint density at radius 2 is 2.38 bits per heavy atom. The monoisotopic (exact) mass is 198 g/mol. The highest BCUT2D eigenvalue weighted by atomic mass is 32.2. The zero-order chi connectivity index (χ0) is 9.52. The van der Waals surface area contributed by atoms with Crippen molar-refractivity contribution in [2.45, 2.75) is 31.4 Å². The number of rotatable bonds is 4. The zero-order valence-corrected chi connectivity index (χ0v) is 9.15. The average Bonchev–Trinajstić information content (AvgIpc) is 2.13. The Labute approximate surface area is 85.3 Å². The lowest BCUT2D eigenvalue weighted by molar-refractivity contribution is 0.281. The van der Waals surface area contributed by atoms with Crippen LogP contribution in [0.25, 0.3) is 0 Å². The number of unbranched alkanes of at least 4 members (excludes halogenated alkanes) is 2. The highest BCUT2D eigenvalue weighted by Gasteiger charge is 2.15. The van der Waals surface area contributed by atoms with E-state index < -0.39 is 0 Å². The maximum absolute atomic E-state index is 8.38. The first-order valence-electron chi connectivity index (χ1n) is 5.04. The SMILES string of the molecule is CC1CN(CCCCC#N)CCS1. The van der Waals surface area contributed by atoms with Gasteiger partial charge in [0, 0.05) is 30.5 Å². The average molecular weight is 198 g/mol. The van der Waals surface area contributed by atoms with E-state index in [2.05, 4.69) is 29.7 Å². The van der Waals surface area contributed by atoms with E-state index in [1.54, 1.807) is 0 Å². The molecule has 0 radical (unpaired) electrons. The van der Waals surface area contributed by atoms with Gasteiger partial charge in [0.15, 0.2) is 0 Å². The molecule has 0 N–H and O–H groups in total. The van der Waals surface area contributed by atoms with Crippen LogP contribution in [0, 0.1) is 11.3 Å². The molecule has 0 aromatic carbocycles. The van der Waals surface area contributed by atoms with E-state index in [9.17, 15) is 0 Å². The molecular formula is C10H18N2S. The van der Waals surface area contributed by atoms with Crippen LogP contribution in [0.15, 0.2) is 0 Å². The van der Waals surface area contributed by atoms with Crippen molar-refractivity contribution < 1.29 is 0 Å². The van der Waals surface area contributed by atoms with Gasteiger partial charge in [0.05, 0.1) is 6.07 Å². The molecule has 3 heteroatoms. The number of nitriles is 1. The largest absolute Gasteiger partial charge is 0.301 e. The molecule has 1 aliphatic rings. The van der Waals surface area contributed by atoms with Gasteiger partial charge in [0.25, 0.3) is 0 Å².